The Morgan fingerprint density at radius 1 is 0.465 bits per heavy atom. The van der Waals surface area contributed by atoms with E-state index in [0.717, 1.165) is 38.5 Å². The second-order valence-corrected chi connectivity index (χ2v) is 22.2. The average Bonchev–Trinajstić information content (AvgIpc) is 3.37. The van der Waals surface area contributed by atoms with E-state index < -0.39 is 49.5 Å². The highest BCUT2D eigenvalue weighted by molar-refractivity contribution is 5.76. The van der Waals surface area contributed by atoms with Gasteiger partial charge in [0.1, 0.15) is 24.4 Å². The SMILES string of the molecule is CCCCCCCCCC/C=C\CCCCCCCCCCCCCCCCCCCCCCCCCCCCCCCC(=O)NC(COC1OC(CO)C(O)C(O)C1O)C(O)CCCCCCCCC. The van der Waals surface area contributed by atoms with Crippen LogP contribution in [0.3, 0.4) is 0 Å². The normalized spacial score (nSPS) is 19.2. The van der Waals surface area contributed by atoms with Crippen molar-refractivity contribution in [3.8, 4) is 0 Å². The van der Waals surface area contributed by atoms with Crippen LogP contribution >= 0.6 is 0 Å². The van der Waals surface area contributed by atoms with Gasteiger partial charge in [0.05, 0.1) is 25.4 Å². The summed E-state index contributed by atoms with van der Waals surface area (Å²) >= 11 is 0. The van der Waals surface area contributed by atoms with Crippen molar-refractivity contribution < 1.29 is 39.8 Å². The summed E-state index contributed by atoms with van der Waals surface area (Å²) in [6, 6.07) is -0.711. The molecule has 7 atom stereocenters. The molecule has 1 fully saturated rings. The summed E-state index contributed by atoms with van der Waals surface area (Å²) < 4.78 is 11.2. The van der Waals surface area contributed by atoms with Crippen molar-refractivity contribution in [1.82, 2.24) is 5.32 Å². The van der Waals surface area contributed by atoms with E-state index in [0.29, 0.717) is 12.8 Å². The number of rotatable bonds is 55. The first-order valence-electron chi connectivity index (χ1n) is 31.4. The first-order chi connectivity index (χ1) is 34.8. The molecule has 9 nitrogen and oxygen atoms in total. The third-order valence-electron chi connectivity index (χ3n) is 15.4. The Bertz CT molecular complexity index is 1120. The van der Waals surface area contributed by atoms with E-state index in [2.05, 4.69) is 31.3 Å². The summed E-state index contributed by atoms with van der Waals surface area (Å²) in [6.07, 6.45) is 59.1. The number of carbonyl (C=O) groups excluding carboxylic acids is 1. The van der Waals surface area contributed by atoms with Gasteiger partial charge in [-0.3, -0.25) is 4.79 Å². The molecule has 422 valence electrons. The quantitative estimate of drug-likeness (QED) is 0.0261. The maximum absolute atomic E-state index is 13.0. The van der Waals surface area contributed by atoms with Gasteiger partial charge in [0.25, 0.3) is 0 Å². The van der Waals surface area contributed by atoms with Gasteiger partial charge in [-0.25, -0.2) is 0 Å². The van der Waals surface area contributed by atoms with Crippen molar-refractivity contribution in [1.29, 1.82) is 0 Å². The van der Waals surface area contributed by atoms with E-state index >= 15 is 0 Å². The number of aliphatic hydroxyl groups is 5. The molecule has 1 rings (SSSR count). The highest BCUT2D eigenvalue weighted by Gasteiger charge is 2.44. The van der Waals surface area contributed by atoms with Gasteiger partial charge in [0.2, 0.25) is 5.91 Å². The number of nitrogens with one attached hydrogen (secondary N) is 1. The third-order valence-corrected chi connectivity index (χ3v) is 15.4. The Morgan fingerprint density at radius 3 is 1.14 bits per heavy atom. The van der Waals surface area contributed by atoms with Crippen LogP contribution in [0.4, 0.5) is 0 Å². The molecule has 71 heavy (non-hydrogen) atoms. The van der Waals surface area contributed by atoms with Crippen molar-refractivity contribution >= 4 is 5.91 Å². The molecule has 7 unspecified atom stereocenters. The molecule has 0 aromatic rings. The minimum absolute atomic E-state index is 0.134. The number of allylic oxidation sites excluding steroid dienone is 2. The van der Waals surface area contributed by atoms with E-state index in [9.17, 15) is 30.3 Å². The predicted molar refractivity (Wildman–Crippen MR) is 300 cm³/mol. The van der Waals surface area contributed by atoms with Crippen molar-refractivity contribution in [3.63, 3.8) is 0 Å². The number of carbonyl (C=O) groups is 1. The zero-order valence-electron chi connectivity index (χ0n) is 47.0. The minimum atomic E-state index is -1.55. The van der Waals surface area contributed by atoms with Crippen LogP contribution in [0.2, 0.25) is 0 Å². The number of aliphatic hydroxyl groups excluding tert-OH is 5. The molecule has 0 aromatic heterocycles. The Kier molecular flexibility index (Phi) is 50.1. The number of unbranched alkanes of at least 4 members (excludes halogenated alkanes) is 43. The fourth-order valence-corrected chi connectivity index (χ4v) is 10.4. The van der Waals surface area contributed by atoms with Gasteiger partial charge in [-0.1, -0.05) is 289 Å². The molecule has 1 heterocycles. The molecular weight excluding hydrogens is 887 g/mol. The lowest BCUT2D eigenvalue weighted by molar-refractivity contribution is -0.302. The van der Waals surface area contributed by atoms with Crippen LogP contribution in [-0.4, -0.2) is 87.5 Å². The third kappa shape index (κ3) is 41.8. The Labute approximate surface area is 439 Å². The van der Waals surface area contributed by atoms with Crippen LogP contribution in [-0.2, 0) is 14.3 Å². The maximum Gasteiger partial charge on any atom is 0.220 e. The molecule has 0 radical (unpaired) electrons. The van der Waals surface area contributed by atoms with Crippen LogP contribution in [0, 0.1) is 0 Å². The summed E-state index contributed by atoms with van der Waals surface area (Å²) in [5.41, 5.74) is 0. The highest BCUT2D eigenvalue weighted by atomic mass is 16.7. The zero-order valence-corrected chi connectivity index (χ0v) is 47.0. The van der Waals surface area contributed by atoms with Crippen LogP contribution < -0.4 is 5.32 Å². The monoisotopic (exact) mass is 1010 g/mol. The first kappa shape index (κ1) is 67.9. The summed E-state index contributed by atoms with van der Waals surface area (Å²) in [5, 5.41) is 54.3. The topological polar surface area (TPSA) is 149 Å². The number of hydrogen-bond acceptors (Lipinski definition) is 8. The molecule has 0 bridgehead atoms. The van der Waals surface area contributed by atoms with Crippen LogP contribution in [0.5, 0.6) is 0 Å². The summed E-state index contributed by atoms with van der Waals surface area (Å²) in [7, 11) is 0. The largest absolute Gasteiger partial charge is 0.394 e. The first-order valence-corrected chi connectivity index (χ1v) is 31.4. The maximum atomic E-state index is 13.0. The molecule has 0 spiro atoms. The van der Waals surface area contributed by atoms with Crippen LogP contribution in [0.1, 0.15) is 322 Å². The Hall–Kier alpha value is -1.07. The lowest BCUT2D eigenvalue weighted by Gasteiger charge is -2.40. The minimum Gasteiger partial charge on any atom is -0.394 e. The van der Waals surface area contributed by atoms with Crippen LogP contribution in [0.25, 0.3) is 0 Å². The van der Waals surface area contributed by atoms with Gasteiger partial charge in [0, 0.05) is 6.42 Å². The molecule has 1 aliphatic rings. The van der Waals surface area contributed by atoms with E-state index in [1.165, 1.54) is 257 Å². The Balaban J connectivity index is 1.91. The molecule has 9 heteroatoms. The highest BCUT2D eigenvalue weighted by Crippen LogP contribution is 2.23. The predicted octanol–water partition coefficient (Wildman–Crippen LogP) is 16.0. The van der Waals surface area contributed by atoms with Crippen molar-refractivity contribution in [2.75, 3.05) is 13.2 Å². The van der Waals surface area contributed by atoms with Crippen molar-refractivity contribution in [2.45, 2.75) is 365 Å². The van der Waals surface area contributed by atoms with E-state index in [4.69, 9.17) is 9.47 Å². The van der Waals surface area contributed by atoms with Gasteiger partial charge in [-0.05, 0) is 38.5 Å². The fraction of sp³-hybridized carbons (Fsp3) is 0.952. The zero-order chi connectivity index (χ0) is 51.5. The summed E-state index contributed by atoms with van der Waals surface area (Å²) in [6.45, 7) is 3.81. The van der Waals surface area contributed by atoms with Gasteiger partial charge in [-0.2, -0.15) is 0 Å². The lowest BCUT2D eigenvalue weighted by Crippen LogP contribution is -2.60. The van der Waals surface area contributed by atoms with Gasteiger partial charge < -0.3 is 40.3 Å². The van der Waals surface area contributed by atoms with E-state index in [-0.39, 0.29) is 12.5 Å². The molecule has 0 aliphatic carbocycles. The molecule has 1 saturated heterocycles. The fourth-order valence-electron chi connectivity index (χ4n) is 10.4. The molecule has 0 saturated carbocycles. The number of amides is 1. The summed E-state index contributed by atoms with van der Waals surface area (Å²) in [5.74, 6) is -0.142. The molecular formula is C62H121NO8. The lowest BCUT2D eigenvalue weighted by atomic mass is 9.99. The second kappa shape index (κ2) is 52.4. The number of ether oxygens (including phenoxy) is 2. The molecule has 1 aliphatic heterocycles. The number of hydrogen-bond donors (Lipinski definition) is 6. The molecule has 6 N–H and O–H groups in total. The molecule has 0 aromatic carbocycles. The van der Waals surface area contributed by atoms with Gasteiger partial charge in [-0.15, -0.1) is 0 Å². The van der Waals surface area contributed by atoms with Crippen molar-refractivity contribution in [3.05, 3.63) is 12.2 Å². The van der Waals surface area contributed by atoms with E-state index in [1.54, 1.807) is 0 Å². The second-order valence-electron chi connectivity index (χ2n) is 22.2. The van der Waals surface area contributed by atoms with Crippen LogP contribution in [0.15, 0.2) is 12.2 Å². The smallest absolute Gasteiger partial charge is 0.220 e. The van der Waals surface area contributed by atoms with Crippen molar-refractivity contribution in [2.24, 2.45) is 0 Å². The van der Waals surface area contributed by atoms with Gasteiger partial charge >= 0.3 is 0 Å². The van der Waals surface area contributed by atoms with Gasteiger partial charge in [0.15, 0.2) is 6.29 Å². The Morgan fingerprint density at radius 2 is 0.789 bits per heavy atom. The van der Waals surface area contributed by atoms with E-state index in [1.807, 2.05) is 0 Å². The average molecular weight is 1010 g/mol. The molecule has 1 amide bonds. The summed E-state index contributed by atoms with van der Waals surface area (Å²) in [4.78, 5) is 13.0. The standard InChI is InChI=1S/C62H121NO8/c1-3-5-7-9-11-12-13-14-15-16-17-18-19-20-21-22-23-24-25-26-27-28-29-30-31-32-33-34-35-36-37-38-39-40-41-42-43-44-46-48-50-52-58(66)63-55(56(65)51-49-47-45-10-8-6-4-2)54-70-62-61(69)60(68)59(67)57(53-64)71-62/h16-17,55-57,59-62,64-65,67-69H,3-15,18-54H2,1-2H3,(H,63,66)/b17-16-.